The van der Waals surface area contributed by atoms with Crippen molar-refractivity contribution in [2.75, 3.05) is 0 Å². The Hall–Kier alpha value is -1.23. The van der Waals surface area contributed by atoms with Crippen LogP contribution < -0.4 is 0 Å². The van der Waals surface area contributed by atoms with Crippen LogP contribution in [-0.4, -0.2) is 10.1 Å². The average Bonchev–Trinajstić information content (AvgIpc) is 2.80. The monoisotopic (exact) mass is 347 g/mol. The number of aromatic nitrogens is 1. The third-order valence-electron chi connectivity index (χ3n) is 3.16. The molecule has 0 saturated carbocycles. The zero-order valence-electron chi connectivity index (χ0n) is 10.9. The molecule has 0 unspecified atom stereocenters. The van der Waals surface area contributed by atoms with Gasteiger partial charge in [-0.3, -0.25) is 0 Å². The highest BCUT2D eigenvalue weighted by Crippen LogP contribution is 2.33. The number of fused-ring (bicyclic) bond motifs is 1. The minimum Gasteiger partial charge on any atom is -0.389 e. The molecular weight excluding hydrogens is 334 g/mol. The maximum absolute atomic E-state index is 9.64. The number of aromatic amines is 1. The highest BCUT2D eigenvalue weighted by atomic mass is 79.9. The van der Waals surface area contributed by atoms with Gasteiger partial charge in [0.1, 0.15) is 0 Å². The molecule has 1 aromatic heterocycles. The van der Waals surface area contributed by atoms with Gasteiger partial charge in [0.15, 0.2) is 0 Å². The molecule has 102 valence electrons. The first-order chi connectivity index (χ1) is 9.63. The summed E-state index contributed by atoms with van der Waals surface area (Å²) in [6.45, 7) is 1.77. The molecule has 3 aromatic rings. The fourth-order valence-corrected chi connectivity index (χ4v) is 3.91. The Morgan fingerprint density at radius 2 is 1.95 bits per heavy atom. The number of rotatable bonds is 3. The highest BCUT2D eigenvalue weighted by molar-refractivity contribution is 9.10. The summed E-state index contributed by atoms with van der Waals surface area (Å²) in [5, 5.41) is 12.0. The highest BCUT2D eigenvalue weighted by Gasteiger charge is 2.08. The van der Waals surface area contributed by atoms with Gasteiger partial charge < -0.3 is 10.1 Å². The quantitative estimate of drug-likeness (QED) is 0.688. The lowest BCUT2D eigenvalue weighted by Crippen LogP contribution is -1.92. The molecule has 4 heteroatoms. The summed E-state index contributed by atoms with van der Waals surface area (Å²) in [6, 6.07) is 16.4. The SMILES string of the molecule is C[C@@H](O)c1ccc(Sc2cc3ccccc3[nH]2)cc1Br. The smallest absolute Gasteiger partial charge is 0.0780 e. The normalized spacial score (nSPS) is 12.8. The van der Waals surface area contributed by atoms with Gasteiger partial charge in [0.25, 0.3) is 0 Å². The number of H-pyrrole nitrogens is 1. The second-order valence-corrected chi connectivity index (χ2v) is 6.65. The van der Waals surface area contributed by atoms with Crippen molar-refractivity contribution in [1.29, 1.82) is 0 Å². The summed E-state index contributed by atoms with van der Waals surface area (Å²) in [6.07, 6.45) is -0.462. The molecule has 20 heavy (non-hydrogen) atoms. The fraction of sp³-hybridized carbons (Fsp3) is 0.125. The van der Waals surface area contributed by atoms with Crippen LogP contribution in [-0.2, 0) is 0 Å². The Balaban J connectivity index is 1.89. The molecule has 2 N–H and O–H groups in total. The van der Waals surface area contributed by atoms with E-state index in [0.717, 1.165) is 25.5 Å². The number of hydrogen-bond acceptors (Lipinski definition) is 2. The van der Waals surface area contributed by atoms with Crippen LogP contribution in [0.25, 0.3) is 10.9 Å². The topological polar surface area (TPSA) is 36.0 Å². The number of aliphatic hydroxyl groups excluding tert-OH is 1. The van der Waals surface area contributed by atoms with Gasteiger partial charge >= 0.3 is 0 Å². The predicted molar refractivity (Wildman–Crippen MR) is 87.2 cm³/mol. The number of para-hydroxylation sites is 1. The third-order valence-corrected chi connectivity index (χ3v) is 4.77. The molecule has 0 bridgehead atoms. The molecule has 1 heterocycles. The molecule has 0 aliphatic rings. The summed E-state index contributed by atoms with van der Waals surface area (Å²) in [4.78, 5) is 4.53. The molecule has 0 aliphatic carbocycles. The Kier molecular flexibility index (Phi) is 3.87. The molecular formula is C16H14BrNOS. The largest absolute Gasteiger partial charge is 0.389 e. The van der Waals surface area contributed by atoms with Crippen molar-refractivity contribution in [3.63, 3.8) is 0 Å². The van der Waals surface area contributed by atoms with Crippen molar-refractivity contribution in [2.24, 2.45) is 0 Å². The maximum Gasteiger partial charge on any atom is 0.0780 e. The van der Waals surface area contributed by atoms with E-state index >= 15 is 0 Å². The van der Waals surface area contributed by atoms with Crippen molar-refractivity contribution in [1.82, 2.24) is 4.98 Å². The molecule has 0 spiro atoms. The predicted octanol–water partition coefficient (Wildman–Crippen LogP) is 5.13. The number of aliphatic hydroxyl groups is 1. The first kappa shape index (κ1) is 13.7. The van der Waals surface area contributed by atoms with Crippen LogP contribution in [0.2, 0.25) is 0 Å². The molecule has 0 saturated heterocycles. The van der Waals surface area contributed by atoms with Crippen LogP contribution in [0.5, 0.6) is 0 Å². The van der Waals surface area contributed by atoms with Crippen LogP contribution in [0.1, 0.15) is 18.6 Å². The van der Waals surface area contributed by atoms with Crippen LogP contribution in [0.4, 0.5) is 0 Å². The summed E-state index contributed by atoms with van der Waals surface area (Å²) < 4.78 is 0.939. The van der Waals surface area contributed by atoms with E-state index in [4.69, 9.17) is 0 Å². The van der Waals surface area contributed by atoms with Crippen LogP contribution >= 0.6 is 27.7 Å². The van der Waals surface area contributed by atoms with Gasteiger partial charge in [-0.2, -0.15) is 0 Å². The van der Waals surface area contributed by atoms with Gasteiger partial charge in [-0.25, -0.2) is 0 Å². The molecule has 0 radical (unpaired) electrons. The van der Waals surface area contributed by atoms with Crippen molar-refractivity contribution in [3.05, 3.63) is 58.6 Å². The third kappa shape index (κ3) is 2.77. The second-order valence-electron chi connectivity index (χ2n) is 4.68. The summed E-state index contributed by atoms with van der Waals surface area (Å²) in [5.74, 6) is 0. The first-order valence-electron chi connectivity index (χ1n) is 6.36. The van der Waals surface area contributed by atoms with E-state index in [1.165, 1.54) is 5.39 Å². The van der Waals surface area contributed by atoms with Gasteiger partial charge in [0, 0.05) is 20.3 Å². The van der Waals surface area contributed by atoms with Crippen molar-refractivity contribution >= 4 is 38.6 Å². The number of hydrogen-bond donors (Lipinski definition) is 2. The molecule has 3 rings (SSSR count). The van der Waals surface area contributed by atoms with Gasteiger partial charge in [-0.15, -0.1) is 0 Å². The van der Waals surface area contributed by atoms with Crippen LogP contribution in [0.15, 0.2) is 62.9 Å². The Morgan fingerprint density at radius 1 is 1.15 bits per heavy atom. The summed E-state index contributed by atoms with van der Waals surface area (Å²) in [5.41, 5.74) is 2.06. The lowest BCUT2D eigenvalue weighted by Gasteiger charge is -2.08. The molecule has 1 atom stereocenters. The lowest BCUT2D eigenvalue weighted by atomic mass is 10.1. The number of nitrogens with one attached hydrogen (secondary N) is 1. The van der Waals surface area contributed by atoms with Crippen LogP contribution in [0.3, 0.4) is 0 Å². The van der Waals surface area contributed by atoms with E-state index in [9.17, 15) is 5.11 Å². The van der Waals surface area contributed by atoms with E-state index in [1.807, 2.05) is 30.3 Å². The van der Waals surface area contributed by atoms with Crippen molar-refractivity contribution < 1.29 is 5.11 Å². The Labute approximate surface area is 130 Å². The fourth-order valence-electron chi connectivity index (χ4n) is 2.14. The molecule has 0 fully saturated rings. The van der Waals surface area contributed by atoms with E-state index in [1.54, 1.807) is 18.7 Å². The minimum atomic E-state index is -0.462. The van der Waals surface area contributed by atoms with Gasteiger partial charge in [0.2, 0.25) is 0 Å². The Bertz CT molecular complexity index is 718. The van der Waals surface area contributed by atoms with Gasteiger partial charge in [0.05, 0.1) is 11.1 Å². The molecule has 0 aliphatic heterocycles. The van der Waals surface area contributed by atoms with Gasteiger partial charge in [-0.05, 0) is 36.8 Å². The zero-order valence-corrected chi connectivity index (χ0v) is 13.3. The zero-order chi connectivity index (χ0) is 14.1. The van der Waals surface area contributed by atoms with E-state index in [0.29, 0.717) is 0 Å². The van der Waals surface area contributed by atoms with Gasteiger partial charge in [-0.1, -0.05) is 52.0 Å². The molecule has 0 amide bonds. The van der Waals surface area contributed by atoms with Crippen molar-refractivity contribution in [2.45, 2.75) is 22.9 Å². The first-order valence-corrected chi connectivity index (χ1v) is 7.97. The summed E-state index contributed by atoms with van der Waals surface area (Å²) >= 11 is 5.19. The standard InChI is InChI=1S/C16H14BrNOS/c1-10(19)13-7-6-12(9-14(13)17)20-16-8-11-4-2-3-5-15(11)18-16/h2-10,18-19H,1H3/t10-/m1/s1. The van der Waals surface area contributed by atoms with E-state index in [-0.39, 0.29) is 0 Å². The van der Waals surface area contributed by atoms with Crippen molar-refractivity contribution in [3.8, 4) is 0 Å². The Morgan fingerprint density at radius 3 is 2.65 bits per heavy atom. The molecule has 2 aromatic carbocycles. The maximum atomic E-state index is 9.64. The molecule has 2 nitrogen and oxygen atoms in total. The second kappa shape index (κ2) is 5.64. The number of benzene rings is 2. The summed E-state index contributed by atoms with van der Waals surface area (Å²) in [7, 11) is 0. The minimum absolute atomic E-state index is 0.462. The van der Waals surface area contributed by atoms with E-state index in [2.05, 4.69) is 39.1 Å². The lowest BCUT2D eigenvalue weighted by molar-refractivity contribution is 0.198. The average molecular weight is 348 g/mol. The van der Waals surface area contributed by atoms with E-state index < -0.39 is 6.10 Å². The van der Waals surface area contributed by atoms with Crippen LogP contribution in [0, 0.1) is 0 Å². The number of halogens is 1.